The van der Waals surface area contributed by atoms with Crippen molar-refractivity contribution in [2.45, 2.75) is 71.2 Å². The van der Waals surface area contributed by atoms with Gasteiger partial charge in [0.1, 0.15) is 6.61 Å². The SMILES string of the molecule is CC1CCCC(C)N1C(C)C(=O)NCCC(=O)OCc1ccccc1. The zero-order chi connectivity index (χ0) is 18.2. The summed E-state index contributed by atoms with van der Waals surface area (Å²) in [7, 11) is 0. The molecule has 1 aromatic rings. The van der Waals surface area contributed by atoms with Gasteiger partial charge in [0, 0.05) is 18.6 Å². The summed E-state index contributed by atoms with van der Waals surface area (Å²) in [6, 6.07) is 10.2. The molecule has 1 N–H and O–H groups in total. The van der Waals surface area contributed by atoms with E-state index in [0.717, 1.165) is 18.4 Å². The fourth-order valence-corrected chi connectivity index (χ4v) is 3.59. The molecule has 3 unspecified atom stereocenters. The molecule has 5 heteroatoms. The third-order valence-electron chi connectivity index (χ3n) is 4.96. The van der Waals surface area contributed by atoms with E-state index in [2.05, 4.69) is 24.1 Å². The summed E-state index contributed by atoms with van der Waals surface area (Å²) >= 11 is 0. The Hall–Kier alpha value is -1.88. The second kappa shape index (κ2) is 9.56. The summed E-state index contributed by atoms with van der Waals surface area (Å²) in [4.78, 5) is 26.5. The lowest BCUT2D eigenvalue weighted by Gasteiger charge is -2.42. The number of rotatable bonds is 7. The van der Waals surface area contributed by atoms with Gasteiger partial charge < -0.3 is 10.1 Å². The molecule has 1 fully saturated rings. The summed E-state index contributed by atoms with van der Waals surface area (Å²) in [5, 5.41) is 2.87. The molecule has 2 rings (SSSR count). The number of hydrogen-bond acceptors (Lipinski definition) is 4. The van der Waals surface area contributed by atoms with Crippen LogP contribution in [0.15, 0.2) is 30.3 Å². The second-order valence-electron chi connectivity index (χ2n) is 6.94. The molecule has 0 saturated carbocycles. The number of likely N-dealkylation sites (tertiary alicyclic amines) is 1. The summed E-state index contributed by atoms with van der Waals surface area (Å²) in [5.74, 6) is -0.312. The molecule has 3 atom stereocenters. The van der Waals surface area contributed by atoms with E-state index in [9.17, 15) is 9.59 Å². The van der Waals surface area contributed by atoms with Crippen molar-refractivity contribution in [3.8, 4) is 0 Å². The van der Waals surface area contributed by atoms with Crippen molar-refractivity contribution in [1.82, 2.24) is 10.2 Å². The van der Waals surface area contributed by atoms with Crippen molar-refractivity contribution in [2.24, 2.45) is 0 Å². The number of amides is 1. The highest BCUT2D eigenvalue weighted by atomic mass is 16.5. The molecule has 1 heterocycles. The number of carbonyl (C=O) groups is 2. The number of nitrogens with one attached hydrogen (secondary N) is 1. The Balaban J connectivity index is 1.69. The first-order valence-electron chi connectivity index (χ1n) is 9.23. The standard InChI is InChI=1S/C20H30N2O3/c1-15-8-7-9-16(2)22(15)17(3)20(24)21-13-12-19(23)25-14-18-10-5-4-6-11-18/h4-6,10-11,15-17H,7-9,12-14H2,1-3H3,(H,21,24). The van der Waals surface area contributed by atoms with Crippen LogP contribution in [0.2, 0.25) is 0 Å². The molecule has 1 aliphatic rings. The molecule has 0 spiro atoms. The third-order valence-corrected chi connectivity index (χ3v) is 4.96. The number of carbonyl (C=O) groups excluding carboxylic acids is 2. The average molecular weight is 346 g/mol. The second-order valence-corrected chi connectivity index (χ2v) is 6.94. The number of ether oxygens (including phenoxy) is 1. The van der Waals surface area contributed by atoms with E-state index in [-0.39, 0.29) is 30.9 Å². The minimum atomic E-state index is -0.295. The van der Waals surface area contributed by atoms with Gasteiger partial charge in [0.05, 0.1) is 12.5 Å². The first kappa shape index (κ1) is 19.4. The summed E-state index contributed by atoms with van der Waals surface area (Å²) in [6.45, 7) is 6.89. The van der Waals surface area contributed by atoms with E-state index in [0.29, 0.717) is 18.6 Å². The molecule has 0 bridgehead atoms. The van der Waals surface area contributed by atoms with Gasteiger partial charge in [0.25, 0.3) is 0 Å². The first-order valence-corrected chi connectivity index (χ1v) is 9.23. The maximum absolute atomic E-state index is 12.4. The van der Waals surface area contributed by atoms with Gasteiger partial charge in [-0.15, -0.1) is 0 Å². The van der Waals surface area contributed by atoms with Crippen LogP contribution >= 0.6 is 0 Å². The Morgan fingerprint density at radius 2 is 1.84 bits per heavy atom. The zero-order valence-electron chi connectivity index (χ0n) is 15.5. The minimum Gasteiger partial charge on any atom is -0.461 e. The van der Waals surface area contributed by atoms with E-state index in [1.165, 1.54) is 6.42 Å². The predicted octanol–water partition coefficient (Wildman–Crippen LogP) is 2.89. The van der Waals surface area contributed by atoms with Crippen LogP contribution in [-0.4, -0.2) is 41.4 Å². The van der Waals surface area contributed by atoms with Crippen LogP contribution < -0.4 is 5.32 Å². The number of esters is 1. The lowest BCUT2D eigenvalue weighted by Crippen LogP contribution is -2.54. The normalized spacial score (nSPS) is 22.2. The van der Waals surface area contributed by atoms with Crippen LogP contribution in [0.1, 0.15) is 52.0 Å². The van der Waals surface area contributed by atoms with E-state index >= 15 is 0 Å². The van der Waals surface area contributed by atoms with Crippen molar-refractivity contribution in [2.75, 3.05) is 6.54 Å². The number of piperidine rings is 1. The summed E-state index contributed by atoms with van der Waals surface area (Å²) < 4.78 is 5.22. The smallest absolute Gasteiger partial charge is 0.307 e. The minimum absolute atomic E-state index is 0.0172. The topological polar surface area (TPSA) is 58.6 Å². The fourth-order valence-electron chi connectivity index (χ4n) is 3.59. The fraction of sp³-hybridized carbons (Fsp3) is 0.600. The van der Waals surface area contributed by atoms with Crippen LogP contribution in [0.25, 0.3) is 0 Å². The van der Waals surface area contributed by atoms with Crippen LogP contribution in [0.3, 0.4) is 0 Å². The molecule has 1 saturated heterocycles. The lowest BCUT2D eigenvalue weighted by atomic mass is 9.95. The third kappa shape index (κ3) is 5.85. The average Bonchev–Trinajstić information content (AvgIpc) is 2.60. The molecule has 1 aliphatic heterocycles. The van der Waals surface area contributed by atoms with Gasteiger partial charge in [-0.05, 0) is 39.2 Å². The molecular formula is C20H30N2O3. The molecule has 0 radical (unpaired) electrons. The Kier molecular flexibility index (Phi) is 7.44. The van der Waals surface area contributed by atoms with Gasteiger partial charge in [-0.1, -0.05) is 36.8 Å². The summed E-state index contributed by atoms with van der Waals surface area (Å²) in [6.07, 6.45) is 3.68. The van der Waals surface area contributed by atoms with Crippen molar-refractivity contribution in [3.63, 3.8) is 0 Å². The summed E-state index contributed by atoms with van der Waals surface area (Å²) in [5.41, 5.74) is 0.960. The van der Waals surface area contributed by atoms with Gasteiger partial charge >= 0.3 is 5.97 Å². The Morgan fingerprint density at radius 3 is 2.48 bits per heavy atom. The number of benzene rings is 1. The monoisotopic (exact) mass is 346 g/mol. The Labute approximate surface area is 150 Å². The van der Waals surface area contributed by atoms with E-state index in [1.54, 1.807) is 0 Å². The Morgan fingerprint density at radius 1 is 1.20 bits per heavy atom. The highest BCUT2D eigenvalue weighted by Crippen LogP contribution is 2.24. The van der Waals surface area contributed by atoms with Crippen molar-refractivity contribution in [1.29, 1.82) is 0 Å². The van der Waals surface area contributed by atoms with Gasteiger partial charge in [-0.3, -0.25) is 14.5 Å². The molecule has 1 aromatic carbocycles. The highest BCUT2D eigenvalue weighted by molar-refractivity contribution is 5.82. The predicted molar refractivity (Wildman–Crippen MR) is 97.9 cm³/mol. The lowest BCUT2D eigenvalue weighted by molar-refractivity contribution is -0.144. The van der Waals surface area contributed by atoms with E-state index < -0.39 is 0 Å². The maximum atomic E-state index is 12.4. The largest absolute Gasteiger partial charge is 0.461 e. The van der Waals surface area contributed by atoms with E-state index in [1.807, 2.05) is 37.3 Å². The molecule has 1 amide bonds. The van der Waals surface area contributed by atoms with Crippen molar-refractivity contribution < 1.29 is 14.3 Å². The quantitative estimate of drug-likeness (QED) is 0.771. The molecular weight excluding hydrogens is 316 g/mol. The van der Waals surface area contributed by atoms with Crippen LogP contribution in [0.5, 0.6) is 0 Å². The number of hydrogen-bond donors (Lipinski definition) is 1. The van der Waals surface area contributed by atoms with Gasteiger partial charge in [0.15, 0.2) is 0 Å². The van der Waals surface area contributed by atoms with Gasteiger partial charge in [-0.25, -0.2) is 0 Å². The van der Waals surface area contributed by atoms with E-state index in [4.69, 9.17) is 4.74 Å². The van der Waals surface area contributed by atoms with Crippen LogP contribution in [0, 0.1) is 0 Å². The first-order chi connectivity index (χ1) is 12.0. The van der Waals surface area contributed by atoms with Gasteiger partial charge in [0.2, 0.25) is 5.91 Å². The molecule has 5 nitrogen and oxygen atoms in total. The number of nitrogens with zero attached hydrogens (tertiary/aromatic N) is 1. The van der Waals surface area contributed by atoms with Crippen LogP contribution in [0.4, 0.5) is 0 Å². The maximum Gasteiger partial charge on any atom is 0.307 e. The molecule has 0 aromatic heterocycles. The van der Waals surface area contributed by atoms with Crippen molar-refractivity contribution >= 4 is 11.9 Å². The highest BCUT2D eigenvalue weighted by Gasteiger charge is 2.32. The van der Waals surface area contributed by atoms with Gasteiger partial charge in [-0.2, -0.15) is 0 Å². The van der Waals surface area contributed by atoms with Crippen molar-refractivity contribution in [3.05, 3.63) is 35.9 Å². The Bertz CT molecular complexity index is 551. The molecule has 25 heavy (non-hydrogen) atoms. The van der Waals surface area contributed by atoms with Crippen LogP contribution in [-0.2, 0) is 20.9 Å². The molecule has 138 valence electrons. The molecule has 0 aliphatic carbocycles. The zero-order valence-corrected chi connectivity index (χ0v) is 15.5.